The van der Waals surface area contributed by atoms with Crippen LogP contribution in [0.3, 0.4) is 0 Å². The molecule has 1 aliphatic rings. The summed E-state index contributed by atoms with van der Waals surface area (Å²) in [4.78, 5) is 32.1. The monoisotopic (exact) mass is 457 g/mol. The molecule has 0 fully saturated rings. The lowest BCUT2D eigenvalue weighted by Crippen LogP contribution is -2.37. The summed E-state index contributed by atoms with van der Waals surface area (Å²) < 4.78 is 2.49. The van der Waals surface area contributed by atoms with Crippen molar-refractivity contribution in [2.24, 2.45) is 0 Å². The van der Waals surface area contributed by atoms with Gasteiger partial charge < -0.3 is 4.90 Å². The minimum Gasteiger partial charge on any atom is -0.337 e. The Hall–Kier alpha value is -2.12. The largest absolute Gasteiger partial charge is 0.337 e. The van der Waals surface area contributed by atoms with Crippen LogP contribution in [0, 0.1) is 0 Å². The summed E-state index contributed by atoms with van der Waals surface area (Å²) in [6.45, 7) is 3.81. The number of thioether (sulfide) groups is 1. The summed E-state index contributed by atoms with van der Waals surface area (Å²) in [7, 11) is 0. The van der Waals surface area contributed by atoms with E-state index >= 15 is 0 Å². The van der Waals surface area contributed by atoms with Gasteiger partial charge in [0, 0.05) is 24.1 Å². The van der Waals surface area contributed by atoms with Crippen LogP contribution in [0.25, 0.3) is 10.9 Å². The average molecular weight is 458 g/mol. The Morgan fingerprint density at radius 2 is 2.00 bits per heavy atom. The second-order valence-electron chi connectivity index (χ2n) is 6.73. The van der Waals surface area contributed by atoms with E-state index in [2.05, 4.69) is 33.0 Å². The molecule has 28 heavy (non-hydrogen) atoms. The molecule has 7 heteroatoms. The van der Waals surface area contributed by atoms with Gasteiger partial charge in [-0.1, -0.05) is 52.0 Å². The molecule has 1 aromatic heterocycles. The van der Waals surface area contributed by atoms with Crippen LogP contribution in [0.2, 0.25) is 0 Å². The quantitative estimate of drug-likeness (QED) is 0.440. The van der Waals surface area contributed by atoms with Crippen molar-refractivity contribution in [3.63, 3.8) is 0 Å². The van der Waals surface area contributed by atoms with Gasteiger partial charge in [0.15, 0.2) is 5.16 Å². The zero-order chi connectivity index (χ0) is 19.7. The van der Waals surface area contributed by atoms with Crippen molar-refractivity contribution in [2.45, 2.75) is 31.6 Å². The predicted molar refractivity (Wildman–Crippen MR) is 116 cm³/mol. The highest BCUT2D eigenvalue weighted by atomic mass is 79.9. The maximum absolute atomic E-state index is 12.8. The number of fused-ring (bicyclic) bond motifs is 2. The van der Waals surface area contributed by atoms with Crippen LogP contribution >= 0.6 is 27.7 Å². The van der Waals surface area contributed by atoms with Crippen molar-refractivity contribution in [3.05, 3.63) is 68.4 Å². The van der Waals surface area contributed by atoms with E-state index in [1.54, 1.807) is 10.6 Å². The topological polar surface area (TPSA) is 55.2 Å². The Labute approximate surface area is 175 Å². The number of carbonyl (C=O) groups is 1. The van der Waals surface area contributed by atoms with Gasteiger partial charge >= 0.3 is 0 Å². The first-order valence-electron chi connectivity index (χ1n) is 9.24. The molecule has 5 nitrogen and oxygen atoms in total. The Morgan fingerprint density at radius 1 is 1.21 bits per heavy atom. The van der Waals surface area contributed by atoms with Gasteiger partial charge in [-0.2, -0.15) is 0 Å². The fourth-order valence-electron chi connectivity index (χ4n) is 3.49. The molecular weight excluding hydrogens is 438 g/mol. The number of hydrogen-bond acceptors (Lipinski definition) is 4. The molecule has 0 spiro atoms. The highest BCUT2D eigenvalue weighted by Crippen LogP contribution is 2.23. The maximum Gasteiger partial charge on any atom is 0.262 e. The first kappa shape index (κ1) is 19.2. The summed E-state index contributed by atoms with van der Waals surface area (Å²) in [5, 5.41) is 1.17. The summed E-state index contributed by atoms with van der Waals surface area (Å²) in [5.74, 6) is 0.351. The van der Waals surface area contributed by atoms with Crippen LogP contribution in [0.5, 0.6) is 0 Å². The van der Waals surface area contributed by atoms with Gasteiger partial charge in [-0.25, -0.2) is 4.98 Å². The Kier molecular flexibility index (Phi) is 5.55. The first-order valence-corrected chi connectivity index (χ1v) is 11.0. The first-order chi connectivity index (χ1) is 13.6. The van der Waals surface area contributed by atoms with E-state index in [9.17, 15) is 9.59 Å². The molecule has 0 N–H and O–H groups in total. The van der Waals surface area contributed by atoms with E-state index in [1.807, 2.05) is 36.1 Å². The molecule has 2 aromatic carbocycles. The third kappa shape index (κ3) is 3.73. The zero-order valence-electron chi connectivity index (χ0n) is 15.5. The lowest BCUT2D eigenvalue weighted by Gasteiger charge is -2.28. The molecule has 4 rings (SSSR count). The number of amides is 1. The third-order valence-corrected chi connectivity index (χ3v) is 6.46. The normalized spacial score (nSPS) is 13.6. The number of rotatable bonds is 4. The molecule has 1 amide bonds. The number of carbonyl (C=O) groups excluding carboxylic acids is 1. The maximum atomic E-state index is 12.8. The summed E-state index contributed by atoms with van der Waals surface area (Å²) in [6.07, 6.45) is 0.884. The van der Waals surface area contributed by atoms with E-state index < -0.39 is 0 Å². The fourth-order valence-corrected chi connectivity index (χ4v) is 4.81. The number of hydrogen-bond donors (Lipinski definition) is 0. The van der Waals surface area contributed by atoms with Crippen LogP contribution in [-0.4, -0.2) is 32.7 Å². The van der Waals surface area contributed by atoms with E-state index in [4.69, 9.17) is 0 Å². The van der Waals surface area contributed by atoms with E-state index in [0.29, 0.717) is 29.1 Å². The van der Waals surface area contributed by atoms with Gasteiger partial charge in [-0.05, 0) is 42.7 Å². The Balaban J connectivity index is 1.53. The summed E-state index contributed by atoms with van der Waals surface area (Å²) >= 11 is 4.74. The molecule has 0 radical (unpaired) electrons. The molecular formula is C21H20BrN3O2S. The van der Waals surface area contributed by atoms with Crippen molar-refractivity contribution in [3.8, 4) is 0 Å². The van der Waals surface area contributed by atoms with Gasteiger partial charge in [0.05, 0.1) is 16.7 Å². The van der Waals surface area contributed by atoms with E-state index in [1.165, 1.54) is 22.9 Å². The lowest BCUT2D eigenvalue weighted by atomic mass is 10.00. The van der Waals surface area contributed by atoms with Crippen LogP contribution in [0.4, 0.5) is 0 Å². The van der Waals surface area contributed by atoms with Crippen LogP contribution in [0.1, 0.15) is 18.1 Å². The van der Waals surface area contributed by atoms with Crippen molar-refractivity contribution in [2.75, 3.05) is 12.3 Å². The minimum atomic E-state index is -0.0735. The second-order valence-corrected chi connectivity index (χ2v) is 8.59. The number of benzene rings is 2. The third-order valence-electron chi connectivity index (χ3n) is 5.01. The highest BCUT2D eigenvalue weighted by molar-refractivity contribution is 9.10. The molecule has 3 aromatic rings. The Bertz CT molecular complexity index is 1110. The molecule has 2 heterocycles. The van der Waals surface area contributed by atoms with Gasteiger partial charge in [0.25, 0.3) is 5.56 Å². The number of aromatic nitrogens is 2. The van der Waals surface area contributed by atoms with Crippen molar-refractivity contribution in [1.82, 2.24) is 14.5 Å². The number of nitrogens with zero attached hydrogens (tertiary/aromatic N) is 3. The summed E-state index contributed by atoms with van der Waals surface area (Å²) in [6, 6.07) is 13.8. The molecule has 0 saturated carbocycles. The Morgan fingerprint density at radius 3 is 2.79 bits per heavy atom. The lowest BCUT2D eigenvalue weighted by molar-refractivity contribution is -0.129. The van der Waals surface area contributed by atoms with Gasteiger partial charge in [-0.3, -0.25) is 14.2 Å². The van der Waals surface area contributed by atoms with E-state index in [-0.39, 0.29) is 17.2 Å². The van der Waals surface area contributed by atoms with Gasteiger partial charge in [0.1, 0.15) is 0 Å². The summed E-state index contributed by atoms with van der Waals surface area (Å²) in [5.41, 5.74) is 3.11. The van der Waals surface area contributed by atoms with Crippen LogP contribution in [-0.2, 0) is 24.3 Å². The average Bonchev–Trinajstić information content (AvgIpc) is 2.72. The molecule has 144 valence electrons. The SMILES string of the molecule is CCn1c(SCC(=O)N2CCc3ccccc3C2)nc2ccc(Br)cc2c1=O. The van der Waals surface area contributed by atoms with Crippen molar-refractivity contribution < 1.29 is 4.79 Å². The zero-order valence-corrected chi connectivity index (χ0v) is 17.9. The highest BCUT2D eigenvalue weighted by Gasteiger charge is 2.21. The molecule has 0 aliphatic carbocycles. The van der Waals surface area contributed by atoms with Crippen LogP contribution in [0.15, 0.2) is 56.9 Å². The second kappa shape index (κ2) is 8.09. The predicted octanol–water partition coefficient (Wildman–Crippen LogP) is 3.86. The van der Waals surface area contributed by atoms with Gasteiger partial charge in [0.2, 0.25) is 5.91 Å². The molecule has 0 unspecified atom stereocenters. The molecule has 0 saturated heterocycles. The standard InChI is InChI=1S/C21H20BrN3O2S/c1-2-25-20(27)17-11-16(22)7-8-18(17)23-21(25)28-13-19(26)24-10-9-14-5-3-4-6-15(14)12-24/h3-8,11H,2,9-10,12-13H2,1H3. The van der Waals surface area contributed by atoms with Gasteiger partial charge in [-0.15, -0.1) is 0 Å². The fraction of sp³-hybridized carbons (Fsp3) is 0.286. The minimum absolute atomic E-state index is 0.0735. The smallest absolute Gasteiger partial charge is 0.262 e. The molecule has 0 bridgehead atoms. The van der Waals surface area contributed by atoms with Crippen molar-refractivity contribution in [1.29, 1.82) is 0 Å². The number of halogens is 1. The molecule has 0 atom stereocenters. The van der Waals surface area contributed by atoms with Crippen molar-refractivity contribution >= 4 is 44.5 Å². The molecule has 1 aliphatic heterocycles. The van der Waals surface area contributed by atoms with E-state index in [0.717, 1.165) is 17.4 Å². The van der Waals surface area contributed by atoms with Crippen LogP contribution < -0.4 is 5.56 Å².